The van der Waals surface area contributed by atoms with Gasteiger partial charge in [0.2, 0.25) is 0 Å². The van der Waals surface area contributed by atoms with Gasteiger partial charge >= 0.3 is 0 Å². The largest absolute Gasteiger partial charge is 0.339 e. The summed E-state index contributed by atoms with van der Waals surface area (Å²) in [5, 5.41) is 1.86. The van der Waals surface area contributed by atoms with Crippen molar-refractivity contribution >= 4 is 78.2 Å². The third kappa shape index (κ3) is 8.60. The lowest BCUT2D eigenvalue weighted by atomic mass is 10.1. The third-order valence-electron chi connectivity index (χ3n) is 12.2. The van der Waals surface area contributed by atoms with Gasteiger partial charge in [0, 0.05) is 74.0 Å². The van der Waals surface area contributed by atoms with Gasteiger partial charge in [-0.2, -0.15) is 0 Å². The molecule has 60 heavy (non-hydrogen) atoms. The first-order chi connectivity index (χ1) is 29.2. The van der Waals surface area contributed by atoms with Crippen LogP contribution in [0, 0.1) is 25.5 Å². The van der Waals surface area contributed by atoms with E-state index >= 15 is 8.78 Å². The van der Waals surface area contributed by atoms with Crippen molar-refractivity contribution in [1.82, 2.24) is 9.13 Å². The zero-order valence-corrected chi connectivity index (χ0v) is 39.6. The SMILES string of the molecule is CCCCCCn1c2cc(-c3cc(CCCC)c(-c4ccc(C)s4)s3)c(F)cc2c2c1c1cc(F)c(-c3cc(CCCC)c(-c4ccc(C)s4)s3)cc1n2CCCCCC. The van der Waals surface area contributed by atoms with Crippen molar-refractivity contribution in [3.8, 4) is 40.4 Å². The molecule has 0 amide bonds. The smallest absolute Gasteiger partial charge is 0.132 e. The van der Waals surface area contributed by atoms with E-state index in [0.717, 1.165) is 133 Å². The van der Waals surface area contributed by atoms with Gasteiger partial charge in [0.1, 0.15) is 11.6 Å². The molecule has 0 N–H and O–H groups in total. The van der Waals surface area contributed by atoms with Gasteiger partial charge in [0.25, 0.3) is 0 Å². The Labute approximate surface area is 371 Å². The van der Waals surface area contributed by atoms with Gasteiger partial charge in [-0.1, -0.05) is 79.1 Å². The van der Waals surface area contributed by atoms with Gasteiger partial charge in [-0.25, -0.2) is 8.78 Å². The summed E-state index contributed by atoms with van der Waals surface area (Å²) in [4.78, 5) is 9.63. The van der Waals surface area contributed by atoms with Gasteiger partial charge in [-0.3, -0.25) is 0 Å². The third-order valence-corrected chi connectivity index (χ3v) is 17.0. The summed E-state index contributed by atoms with van der Waals surface area (Å²) >= 11 is 7.10. The number of benzene rings is 2. The Balaban J connectivity index is 1.33. The monoisotopic (exact) mass is 878 g/mol. The van der Waals surface area contributed by atoms with Crippen molar-refractivity contribution in [1.29, 1.82) is 0 Å². The van der Waals surface area contributed by atoms with Crippen molar-refractivity contribution in [2.75, 3.05) is 0 Å². The lowest BCUT2D eigenvalue weighted by molar-refractivity contribution is 0.600. The topological polar surface area (TPSA) is 9.86 Å². The van der Waals surface area contributed by atoms with Crippen molar-refractivity contribution < 1.29 is 8.78 Å². The maximum Gasteiger partial charge on any atom is 0.132 e. The molecule has 316 valence electrons. The van der Waals surface area contributed by atoms with Crippen molar-refractivity contribution in [3.05, 3.63) is 93.2 Å². The molecule has 2 nitrogen and oxygen atoms in total. The Kier molecular flexibility index (Phi) is 13.8. The minimum absolute atomic E-state index is 0.186. The summed E-state index contributed by atoms with van der Waals surface area (Å²) < 4.78 is 38.8. The molecule has 8 heteroatoms. The van der Waals surface area contributed by atoms with Crippen LogP contribution in [-0.2, 0) is 25.9 Å². The van der Waals surface area contributed by atoms with Crippen LogP contribution >= 0.6 is 45.3 Å². The number of rotatable bonds is 20. The van der Waals surface area contributed by atoms with E-state index in [9.17, 15) is 0 Å². The van der Waals surface area contributed by atoms with Gasteiger partial charge < -0.3 is 9.13 Å². The fraction of sp³-hybridized carbons (Fsp3) is 0.423. The average Bonchev–Trinajstić information content (AvgIpc) is 4.10. The van der Waals surface area contributed by atoms with Crippen LogP contribution < -0.4 is 0 Å². The summed E-state index contributed by atoms with van der Waals surface area (Å²) in [7, 11) is 0. The number of hydrogen-bond acceptors (Lipinski definition) is 4. The van der Waals surface area contributed by atoms with E-state index < -0.39 is 0 Å². The standard InChI is InChI=1S/C52H60F2N2S4/c1-7-11-15-17-25-55-43-31-37(47-27-35(19-13-9-3)51(59-47)45-23-21-33(5)57-45)41(53)29-39(43)50-49(55)40-30-42(54)38(32-44(40)56(50)26-18-16-12-8-2)48-28-36(20-14-10-4)52(60-48)46-24-22-34(6)58-46/h21-24,27-32H,7-20,25-26H2,1-6H3. The first-order valence-electron chi connectivity index (χ1n) is 22.6. The van der Waals surface area contributed by atoms with E-state index in [-0.39, 0.29) is 11.6 Å². The minimum atomic E-state index is -0.186. The Morgan fingerprint density at radius 3 is 1.23 bits per heavy atom. The second-order valence-corrected chi connectivity index (χ2v) is 21.5. The molecule has 6 aromatic heterocycles. The predicted octanol–water partition coefficient (Wildman–Crippen LogP) is 18.4. The molecule has 0 spiro atoms. The van der Waals surface area contributed by atoms with E-state index in [1.165, 1.54) is 53.2 Å². The summed E-state index contributed by atoms with van der Waals surface area (Å²) in [6.07, 6.45) is 15.4. The highest BCUT2D eigenvalue weighted by Gasteiger charge is 2.26. The first kappa shape index (κ1) is 43.1. The highest BCUT2D eigenvalue weighted by atomic mass is 32.1. The summed E-state index contributed by atoms with van der Waals surface area (Å²) in [6, 6.07) is 21.2. The molecule has 0 saturated heterocycles. The molecule has 0 atom stereocenters. The summed E-state index contributed by atoms with van der Waals surface area (Å²) in [6.45, 7) is 14.9. The molecule has 0 saturated carbocycles. The number of halogens is 2. The number of thiophene rings is 4. The zero-order valence-electron chi connectivity index (χ0n) is 36.4. The van der Waals surface area contributed by atoms with Gasteiger partial charge in [-0.15, -0.1) is 45.3 Å². The van der Waals surface area contributed by atoms with Crippen LogP contribution in [0.5, 0.6) is 0 Å². The maximum absolute atomic E-state index is 17.0. The Morgan fingerprint density at radius 1 is 0.450 bits per heavy atom. The molecule has 0 unspecified atom stereocenters. The fourth-order valence-electron chi connectivity index (χ4n) is 8.99. The van der Waals surface area contributed by atoms with Crippen LogP contribution in [-0.4, -0.2) is 9.13 Å². The molecular formula is C52H60F2N2S4. The van der Waals surface area contributed by atoms with Crippen molar-refractivity contribution in [3.63, 3.8) is 0 Å². The number of aromatic nitrogens is 2. The van der Waals surface area contributed by atoms with E-state index in [0.29, 0.717) is 11.1 Å². The highest BCUT2D eigenvalue weighted by molar-refractivity contribution is 7.24. The number of nitrogens with zero attached hydrogens (tertiary/aromatic N) is 2. The predicted molar refractivity (Wildman–Crippen MR) is 263 cm³/mol. The number of unbranched alkanes of at least 4 members (excludes halogenated alkanes) is 8. The van der Waals surface area contributed by atoms with Crippen LogP contribution in [0.2, 0.25) is 0 Å². The molecule has 2 aromatic carbocycles. The molecule has 0 fully saturated rings. The van der Waals surface area contributed by atoms with E-state index in [4.69, 9.17) is 0 Å². The van der Waals surface area contributed by atoms with Gasteiger partial charge in [-0.05, 0) is 124 Å². The molecule has 0 radical (unpaired) electrons. The lowest BCUT2D eigenvalue weighted by Gasteiger charge is -2.11. The molecule has 0 aliphatic heterocycles. The van der Waals surface area contributed by atoms with Crippen LogP contribution in [0.4, 0.5) is 8.78 Å². The van der Waals surface area contributed by atoms with E-state index in [2.05, 4.69) is 99.2 Å². The summed E-state index contributed by atoms with van der Waals surface area (Å²) in [5.41, 5.74) is 8.15. The maximum atomic E-state index is 17.0. The fourth-order valence-corrected chi connectivity index (χ4v) is 13.5. The van der Waals surface area contributed by atoms with Crippen LogP contribution in [0.1, 0.15) is 126 Å². The van der Waals surface area contributed by atoms with Gasteiger partial charge in [0.05, 0.1) is 22.1 Å². The molecule has 0 aliphatic rings. The Hall–Kier alpha value is -3.56. The Morgan fingerprint density at radius 2 is 0.867 bits per heavy atom. The normalized spacial score (nSPS) is 12.1. The van der Waals surface area contributed by atoms with Gasteiger partial charge in [0.15, 0.2) is 0 Å². The van der Waals surface area contributed by atoms with Crippen LogP contribution in [0.3, 0.4) is 0 Å². The molecule has 6 heterocycles. The van der Waals surface area contributed by atoms with Crippen molar-refractivity contribution in [2.24, 2.45) is 0 Å². The van der Waals surface area contributed by atoms with E-state index in [1.54, 1.807) is 22.7 Å². The lowest BCUT2D eigenvalue weighted by Crippen LogP contribution is -1.99. The van der Waals surface area contributed by atoms with Crippen LogP contribution in [0.15, 0.2) is 60.7 Å². The second-order valence-electron chi connectivity index (χ2n) is 16.8. The molecule has 8 aromatic rings. The minimum Gasteiger partial charge on any atom is -0.339 e. The Bertz CT molecular complexity index is 2540. The molecule has 0 aliphatic carbocycles. The first-order valence-corrected chi connectivity index (χ1v) is 25.9. The van der Waals surface area contributed by atoms with E-state index in [1.807, 2.05) is 34.8 Å². The quantitative estimate of drug-likeness (QED) is 0.0675. The molecule has 0 bridgehead atoms. The molecule has 8 rings (SSSR count). The number of hydrogen-bond donors (Lipinski definition) is 0. The van der Waals surface area contributed by atoms with Crippen LogP contribution in [0.25, 0.3) is 73.2 Å². The second kappa shape index (κ2) is 19.2. The average molecular weight is 879 g/mol. The van der Waals surface area contributed by atoms with Crippen molar-refractivity contribution in [2.45, 2.75) is 145 Å². The highest BCUT2D eigenvalue weighted by Crippen LogP contribution is 2.47. The summed E-state index contributed by atoms with van der Waals surface area (Å²) in [5.74, 6) is -0.372. The number of aryl methyl sites for hydroxylation is 6. The molecular weight excluding hydrogens is 819 g/mol. The number of fused-ring (bicyclic) bond motifs is 5. The zero-order chi connectivity index (χ0) is 41.9.